The van der Waals surface area contributed by atoms with Crippen LogP contribution in [-0.4, -0.2) is 70.7 Å². The van der Waals surface area contributed by atoms with Crippen LogP contribution in [0.4, 0.5) is 10.8 Å². The molecule has 2 aliphatic heterocycles. The molecule has 2 aromatic carbocycles. The maximum atomic E-state index is 11.7. The molecule has 1 unspecified atom stereocenters. The Morgan fingerprint density at radius 1 is 0.976 bits per heavy atom. The third-order valence-corrected chi connectivity index (χ3v) is 10.9. The number of thiazole rings is 1. The number of anilines is 2. The van der Waals surface area contributed by atoms with Crippen LogP contribution in [0.25, 0.3) is 0 Å². The summed E-state index contributed by atoms with van der Waals surface area (Å²) in [5, 5.41) is 12.8. The summed E-state index contributed by atoms with van der Waals surface area (Å²) in [6.07, 6.45) is 10.1. The molecule has 3 aliphatic rings. The molecule has 224 valence electrons. The number of nitrogens with zero attached hydrogens (tertiary/aromatic N) is 4. The summed E-state index contributed by atoms with van der Waals surface area (Å²) in [7, 11) is 0. The molecule has 0 amide bonds. The number of aliphatic carboxylic acids is 1. The molecule has 3 heterocycles. The van der Waals surface area contributed by atoms with Gasteiger partial charge in [0.05, 0.1) is 0 Å². The molecule has 4 atom stereocenters. The van der Waals surface area contributed by atoms with Gasteiger partial charge in [0.25, 0.3) is 0 Å². The highest BCUT2D eigenvalue weighted by Crippen LogP contribution is 2.41. The van der Waals surface area contributed by atoms with Gasteiger partial charge in [0.15, 0.2) is 5.13 Å². The summed E-state index contributed by atoms with van der Waals surface area (Å²) >= 11 is 1.74. The van der Waals surface area contributed by atoms with E-state index in [0.717, 1.165) is 70.0 Å². The molecule has 6 nitrogen and oxygen atoms in total. The topological polar surface area (TPSA) is 59.9 Å². The Kier molecular flexibility index (Phi) is 9.57. The van der Waals surface area contributed by atoms with Crippen molar-refractivity contribution in [3.05, 3.63) is 77.3 Å². The van der Waals surface area contributed by atoms with Gasteiger partial charge in [-0.05, 0) is 61.1 Å². The van der Waals surface area contributed by atoms with E-state index in [1.165, 1.54) is 29.7 Å². The number of hydrogen-bond donors (Lipinski definition) is 1. The molecular weight excluding hydrogens is 540 g/mol. The Labute approximate surface area is 255 Å². The summed E-state index contributed by atoms with van der Waals surface area (Å²) < 4.78 is 0. The van der Waals surface area contributed by atoms with Crippen LogP contribution in [0.1, 0.15) is 68.9 Å². The molecule has 3 fully saturated rings. The summed E-state index contributed by atoms with van der Waals surface area (Å²) in [5.41, 5.74) is 4.14. The zero-order chi connectivity index (χ0) is 28.9. The predicted molar refractivity (Wildman–Crippen MR) is 172 cm³/mol. The number of piperidine rings is 1. The molecule has 2 saturated heterocycles. The van der Waals surface area contributed by atoms with Crippen molar-refractivity contribution in [2.45, 2.75) is 76.3 Å². The van der Waals surface area contributed by atoms with Crippen molar-refractivity contribution in [2.24, 2.45) is 11.8 Å². The fourth-order valence-corrected chi connectivity index (χ4v) is 8.82. The molecule has 1 N–H and O–H groups in total. The molecule has 1 saturated carbocycles. The summed E-state index contributed by atoms with van der Waals surface area (Å²) in [5.74, 6) is 0.704. The number of hydrogen-bond acceptors (Lipinski definition) is 6. The normalized spacial score (nSPS) is 25.9. The zero-order valence-corrected chi connectivity index (χ0v) is 25.8. The smallest absolute Gasteiger partial charge is 0.303 e. The number of benzene rings is 2. The van der Waals surface area contributed by atoms with Gasteiger partial charge in [-0.3, -0.25) is 9.69 Å². The Morgan fingerprint density at radius 2 is 1.74 bits per heavy atom. The second-order valence-corrected chi connectivity index (χ2v) is 13.5. The highest BCUT2D eigenvalue weighted by molar-refractivity contribution is 7.13. The van der Waals surface area contributed by atoms with Crippen molar-refractivity contribution >= 4 is 28.1 Å². The average molecular weight is 587 g/mol. The first kappa shape index (κ1) is 29.3. The molecule has 1 aromatic heterocycles. The molecule has 0 spiro atoms. The van der Waals surface area contributed by atoms with Crippen molar-refractivity contribution in [1.82, 2.24) is 14.8 Å². The number of carboxylic acid groups (broad SMARTS) is 1. The molecule has 6 rings (SSSR count). The minimum absolute atomic E-state index is 0.282. The van der Waals surface area contributed by atoms with Gasteiger partial charge in [-0.25, -0.2) is 4.98 Å². The van der Waals surface area contributed by atoms with Crippen LogP contribution < -0.4 is 4.90 Å². The van der Waals surface area contributed by atoms with Gasteiger partial charge in [0.2, 0.25) is 0 Å². The van der Waals surface area contributed by atoms with E-state index >= 15 is 0 Å². The molecule has 0 radical (unpaired) electrons. The Bertz CT molecular complexity index is 1280. The van der Waals surface area contributed by atoms with Crippen molar-refractivity contribution in [1.29, 1.82) is 0 Å². The van der Waals surface area contributed by atoms with Crippen molar-refractivity contribution < 1.29 is 9.90 Å². The summed E-state index contributed by atoms with van der Waals surface area (Å²) in [6, 6.07) is 20.8. The summed E-state index contributed by atoms with van der Waals surface area (Å²) in [4.78, 5) is 24.4. The maximum Gasteiger partial charge on any atom is 0.303 e. The first-order chi connectivity index (χ1) is 20.6. The molecule has 0 bridgehead atoms. The Balaban J connectivity index is 1.16. The van der Waals surface area contributed by atoms with E-state index in [2.05, 4.69) is 81.6 Å². The monoisotopic (exact) mass is 586 g/mol. The number of likely N-dealkylation sites (tertiary alicyclic amines) is 2. The van der Waals surface area contributed by atoms with Gasteiger partial charge in [0.1, 0.15) is 0 Å². The largest absolute Gasteiger partial charge is 0.481 e. The van der Waals surface area contributed by atoms with Gasteiger partial charge in [0, 0.05) is 74.4 Å². The molecular formula is C35H46N4O2S. The van der Waals surface area contributed by atoms with Crippen LogP contribution in [0.5, 0.6) is 0 Å². The fourth-order valence-electron chi connectivity index (χ4n) is 8.10. The van der Waals surface area contributed by atoms with Crippen molar-refractivity contribution in [3.63, 3.8) is 0 Å². The minimum Gasteiger partial charge on any atom is -0.481 e. The van der Waals surface area contributed by atoms with Crippen molar-refractivity contribution in [3.8, 4) is 0 Å². The summed E-state index contributed by atoms with van der Waals surface area (Å²) in [6.45, 7) is 7.69. The van der Waals surface area contributed by atoms with Gasteiger partial charge in [-0.1, -0.05) is 68.3 Å². The Morgan fingerprint density at radius 3 is 2.48 bits per heavy atom. The fraction of sp³-hybridized carbons (Fsp3) is 0.543. The van der Waals surface area contributed by atoms with Crippen LogP contribution in [0, 0.1) is 11.8 Å². The van der Waals surface area contributed by atoms with E-state index in [4.69, 9.17) is 4.98 Å². The third kappa shape index (κ3) is 6.58. The number of aromatic nitrogens is 1. The number of rotatable bonds is 10. The van der Waals surface area contributed by atoms with E-state index in [1.54, 1.807) is 11.3 Å². The first-order valence-electron chi connectivity index (χ1n) is 16.1. The molecule has 7 heteroatoms. The lowest BCUT2D eigenvalue weighted by Crippen LogP contribution is -2.46. The van der Waals surface area contributed by atoms with Gasteiger partial charge in [-0.2, -0.15) is 0 Å². The van der Waals surface area contributed by atoms with Crippen molar-refractivity contribution in [2.75, 3.05) is 37.6 Å². The van der Waals surface area contributed by atoms with E-state index in [1.807, 2.05) is 6.20 Å². The Hall–Kier alpha value is -2.74. The van der Waals surface area contributed by atoms with E-state index in [0.29, 0.717) is 30.3 Å². The number of carboxylic acids is 1. The lowest BCUT2D eigenvalue weighted by atomic mass is 9.81. The maximum absolute atomic E-state index is 11.7. The van der Waals surface area contributed by atoms with E-state index < -0.39 is 5.97 Å². The van der Waals surface area contributed by atoms with E-state index in [9.17, 15) is 9.90 Å². The lowest BCUT2D eigenvalue weighted by Gasteiger charge is -2.40. The third-order valence-electron chi connectivity index (χ3n) is 10.1. The molecule has 1 aliphatic carbocycles. The van der Waals surface area contributed by atoms with E-state index in [-0.39, 0.29) is 5.92 Å². The van der Waals surface area contributed by atoms with Gasteiger partial charge < -0.3 is 14.9 Å². The quantitative estimate of drug-likeness (QED) is 0.275. The predicted octanol–water partition coefficient (Wildman–Crippen LogP) is 7.06. The molecule has 3 aromatic rings. The second kappa shape index (κ2) is 13.7. The minimum atomic E-state index is -0.640. The standard InChI is InChI=1S/C35H46N4O2S/c1-2-26-10-6-9-15-33(26)39(35-36-18-21-42-35)30-16-19-37(20-17-30)23-29-24-38(25-31(29)27-11-4-3-5-12-27)32-14-8-7-13-28(32)22-34(40)41/h3-6,9-12,15,18,21,28-32H,2,7-8,13-14,16-17,19-20,22-25H2,1H3,(H,40,41)/t28?,29-,31+,32+/m0/s1. The van der Waals surface area contributed by atoms with Gasteiger partial charge >= 0.3 is 5.97 Å². The van der Waals surface area contributed by atoms with Crippen LogP contribution >= 0.6 is 11.3 Å². The van der Waals surface area contributed by atoms with Crippen LogP contribution in [0.2, 0.25) is 0 Å². The SMILES string of the molecule is CCc1ccccc1N(c1nccs1)C1CCN(C[C@H]2CN([C@@H]3CCCCC3CC(=O)O)C[C@@H]2c2ccccc2)CC1. The van der Waals surface area contributed by atoms with Crippen LogP contribution in [0.15, 0.2) is 66.2 Å². The highest BCUT2D eigenvalue weighted by atomic mass is 32.1. The first-order valence-corrected chi connectivity index (χ1v) is 17.0. The molecule has 42 heavy (non-hydrogen) atoms. The zero-order valence-electron chi connectivity index (χ0n) is 25.0. The van der Waals surface area contributed by atoms with Crippen LogP contribution in [0.3, 0.4) is 0 Å². The lowest BCUT2D eigenvalue weighted by molar-refractivity contribution is -0.139. The average Bonchev–Trinajstić information content (AvgIpc) is 3.70. The van der Waals surface area contributed by atoms with Gasteiger partial charge in [-0.15, -0.1) is 11.3 Å². The van der Waals surface area contributed by atoms with Crippen LogP contribution in [-0.2, 0) is 11.2 Å². The number of aryl methyl sites for hydroxylation is 1. The highest BCUT2D eigenvalue weighted by Gasteiger charge is 2.41. The number of para-hydroxylation sites is 1. The second-order valence-electron chi connectivity index (χ2n) is 12.6. The number of carbonyl (C=O) groups is 1.